The largest absolute Gasteiger partial charge is 0.489 e. The molecule has 148 valence electrons. The van der Waals surface area contributed by atoms with Crippen molar-refractivity contribution in [3.63, 3.8) is 0 Å². The van der Waals surface area contributed by atoms with E-state index in [4.69, 9.17) is 57.6 Å². The van der Waals surface area contributed by atoms with Crippen LogP contribution in [0.25, 0.3) is 0 Å². The zero-order valence-electron chi connectivity index (χ0n) is 14.6. The second-order valence-corrected chi connectivity index (χ2v) is 5.98. The monoisotopic (exact) mass is 411 g/mol. The first kappa shape index (κ1) is 24.4. The molecule has 1 rings (SSSR count). The normalized spacial score (nSPS) is 10.2. The average Bonchev–Trinajstić information content (AvgIpc) is 2.53. The fourth-order valence-electron chi connectivity index (χ4n) is 1.68. The molecule has 0 aliphatic carbocycles. The van der Waals surface area contributed by atoms with Crippen molar-refractivity contribution in [2.24, 2.45) is 0 Å². The summed E-state index contributed by atoms with van der Waals surface area (Å²) in [4.78, 5) is 20.2. The zero-order chi connectivity index (χ0) is 20.1. The Labute approximate surface area is 161 Å². The molecule has 0 spiro atoms. The van der Waals surface area contributed by atoms with Crippen molar-refractivity contribution in [1.82, 2.24) is 4.90 Å². The summed E-state index contributed by atoms with van der Waals surface area (Å²) in [7, 11) is 1.94. The maximum Gasteiger partial charge on any atom is 0.414 e. The van der Waals surface area contributed by atoms with Crippen molar-refractivity contribution in [3.8, 4) is 5.75 Å². The quantitative estimate of drug-likeness (QED) is 0.415. The molecular formula is C16H23Cl2NO7. The van der Waals surface area contributed by atoms with Crippen LogP contribution in [0.3, 0.4) is 0 Å². The van der Waals surface area contributed by atoms with Crippen molar-refractivity contribution >= 4 is 35.1 Å². The first-order valence-electron chi connectivity index (χ1n) is 7.60. The van der Waals surface area contributed by atoms with Crippen LogP contribution in [-0.4, -0.2) is 78.7 Å². The van der Waals surface area contributed by atoms with E-state index in [2.05, 4.69) is 0 Å². The molecule has 1 aromatic rings. The van der Waals surface area contributed by atoms with Crippen molar-refractivity contribution in [2.75, 3.05) is 46.6 Å². The first-order chi connectivity index (χ1) is 12.2. The van der Waals surface area contributed by atoms with Gasteiger partial charge in [-0.05, 0) is 31.7 Å². The number of likely N-dealkylation sites (N-methyl/N-ethyl adjacent to an activating group) is 1. The molecule has 0 amide bonds. The smallest absolute Gasteiger partial charge is 0.414 e. The SMILES string of the molecule is Cc1cc(Cl)cc(Cl)c1OCCOCCN(C)CCO.O=C(O)C(=O)O. The molecule has 0 unspecified atom stereocenters. The van der Waals surface area contributed by atoms with Crippen LogP contribution < -0.4 is 4.74 Å². The number of halogens is 2. The lowest BCUT2D eigenvalue weighted by Crippen LogP contribution is -2.26. The summed E-state index contributed by atoms with van der Waals surface area (Å²) in [6.07, 6.45) is 0. The molecule has 0 saturated heterocycles. The first-order valence-corrected chi connectivity index (χ1v) is 8.36. The van der Waals surface area contributed by atoms with Gasteiger partial charge in [0, 0.05) is 18.1 Å². The van der Waals surface area contributed by atoms with Gasteiger partial charge >= 0.3 is 11.9 Å². The predicted octanol–water partition coefficient (Wildman–Crippen LogP) is 1.78. The number of aliphatic hydroxyl groups is 1. The number of hydrogen-bond donors (Lipinski definition) is 3. The van der Waals surface area contributed by atoms with Crippen LogP contribution in [0.4, 0.5) is 0 Å². The number of carboxylic acids is 2. The third-order valence-electron chi connectivity index (χ3n) is 2.95. The van der Waals surface area contributed by atoms with E-state index in [1.54, 1.807) is 6.07 Å². The maximum absolute atomic E-state index is 9.10. The van der Waals surface area contributed by atoms with Gasteiger partial charge in [-0.3, -0.25) is 0 Å². The summed E-state index contributed by atoms with van der Waals surface area (Å²) in [6, 6.07) is 3.48. The zero-order valence-corrected chi connectivity index (χ0v) is 16.1. The molecule has 0 saturated carbocycles. The Morgan fingerprint density at radius 2 is 1.69 bits per heavy atom. The van der Waals surface area contributed by atoms with E-state index in [-0.39, 0.29) is 6.61 Å². The van der Waals surface area contributed by atoms with Gasteiger partial charge in [-0.1, -0.05) is 23.2 Å². The second-order valence-electron chi connectivity index (χ2n) is 5.13. The minimum absolute atomic E-state index is 0.161. The Kier molecular flexibility index (Phi) is 12.8. The number of aliphatic hydroxyl groups excluding tert-OH is 1. The average molecular weight is 412 g/mol. The predicted molar refractivity (Wildman–Crippen MR) is 97.4 cm³/mol. The molecule has 0 atom stereocenters. The molecular weight excluding hydrogens is 389 g/mol. The summed E-state index contributed by atoms with van der Waals surface area (Å²) in [5, 5.41) is 24.6. The molecule has 0 bridgehead atoms. The Hall–Kier alpha value is -1.58. The minimum Gasteiger partial charge on any atom is -0.489 e. The summed E-state index contributed by atoms with van der Waals surface area (Å²) in [5.41, 5.74) is 0.908. The van der Waals surface area contributed by atoms with Gasteiger partial charge in [0.25, 0.3) is 0 Å². The third kappa shape index (κ3) is 11.1. The second kappa shape index (κ2) is 13.6. The lowest BCUT2D eigenvalue weighted by Gasteiger charge is -2.15. The molecule has 3 N–H and O–H groups in total. The number of carbonyl (C=O) groups is 2. The molecule has 0 aromatic heterocycles. The molecule has 10 heteroatoms. The van der Waals surface area contributed by atoms with E-state index in [1.165, 1.54) is 0 Å². The van der Waals surface area contributed by atoms with Crippen LogP contribution in [0.2, 0.25) is 10.0 Å². The molecule has 0 heterocycles. The van der Waals surface area contributed by atoms with Gasteiger partial charge in [-0.25, -0.2) is 9.59 Å². The number of hydrogen-bond acceptors (Lipinski definition) is 6. The van der Waals surface area contributed by atoms with E-state index in [0.29, 0.717) is 42.2 Å². The van der Waals surface area contributed by atoms with E-state index in [9.17, 15) is 0 Å². The highest BCUT2D eigenvalue weighted by Crippen LogP contribution is 2.31. The minimum atomic E-state index is -1.82. The lowest BCUT2D eigenvalue weighted by molar-refractivity contribution is -0.159. The molecule has 0 aliphatic heterocycles. The van der Waals surface area contributed by atoms with Gasteiger partial charge in [0.1, 0.15) is 12.4 Å². The van der Waals surface area contributed by atoms with Crippen LogP contribution in [0, 0.1) is 6.92 Å². The Bertz CT molecular complexity index is 549. The van der Waals surface area contributed by atoms with Crippen LogP contribution >= 0.6 is 23.2 Å². The van der Waals surface area contributed by atoms with Gasteiger partial charge < -0.3 is 29.7 Å². The van der Waals surface area contributed by atoms with Crippen molar-refractivity contribution in [1.29, 1.82) is 0 Å². The molecule has 26 heavy (non-hydrogen) atoms. The summed E-state index contributed by atoms with van der Waals surface area (Å²) in [5.74, 6) is -3.00. The van der Waals surface area contributed by atoms with Gasteiger partial charge in [0.15, 0.2) is 0 Å². The number of aliphatic carboxylic acids is 2. The number of ether oxygens (including phenoxy) is 2. The lowest BCUT2D eigenvalue weighted by atomic mass is 10.2. The van der Waals surface area contributed by atoms with Gasteiger partial charge in [0.2, 0.25) is 0 Å². The summed E-state index contributed by atoms with van der Waals surface area (Å²) >= 11 is 12.0. The van der Waals surface area contributed by atoms with Gasteiger partial charge in [-0.15, -0.1) is 0 Å². The third-order valence-corrected chi connectivity index (χ3v) is 3.45. The van der Waals surface area contributed by atoms with E-state index < -0.39 is 11.9 Å². The van der Waals surface area contributed by atoms with Crippen LogP contribution in [-0.2, 0) is 14.3 Å². The Morgan fingerprint density at radius 3 is 2.19 bits per heavy atom. The van der Waals surface area contributed by atoms with Crippen LogP contribution in [0.1, 0.15) is 5.56 Å². The standard InChI is InChI=1S/C14H21Cl2NO3.C2H2O4/c1-11-9-12(15)10-13(16)14(11)20-8-7-19-6-4-17(2)3-5-18;3-1(4)2(5)6/h9-10,18H,3-8H2,1-2H3;(H,3,4)(H,5,6). The van der Waals surface area contributed by atoms with Crippen molar-refractivity contribution < 1.29 is 34.4 Å². The maximum atomic E-state index is 9.10. The number of aryl methyl sites for hydroxylation is 1. The van der Waals surface area contributed by atoms with Gasteiger partial charge in [-0.2, -0.15) is 0 Å². The Morgan fingerprint density at radius 1 is 1.08 bits per heavy atom. The van der Waals surface area contributed by atoms with E-state index in [0.717, 1.165) is 12.1 Å². The summed E-state index contributed by atoms with van der Waals surface area (Å²) < 4.78 is 11.1. The number of rotatable bonds is 9. The topological polar surface area (TPSA) is 117 Å². The molecule has 1 aromatic carbocycles. The van der Waals surface area contributed by atoms with E-state index in [1.807, 2.05) is 24.9 Å². The van der Waals surface area contributed by atoms with Gasteiger partial charge in [0.05, 0.1) is 24.8 Å². The van der Waals surface area contributed by atoms with E-state index >= 15 is 0 Å². The molecule has 8 nitrogen and oxygen atoms in total. The Balaban J connectivity index is 0.000000896. The fraction of sp³-hybridized carbons (Fsp3) is 0.500. The molecule has 0 aliphatic rings. The number of carboxylic acid groups (broad SMARTS) is 2. The highest BCUT2D eigenvalue weighted by molar-refractivity contribution is 6.35. The molecule has 0 fully saturated rings. The van der Waals surface area contributed by atoms with Crippen molar-refractivity contribution in [3.05, 3.63) is 27.7 Å². The highest BCUT2D eigenvalue weighted by atomic mass is 35.5. The fourth-order valence-corrected chi connectivity index (χ4v) is 2.33. The van der Waals surface area contributed by atoms with Crippen LogP contribution in [0.5, 0.6) is 5.75 Å². The summed E-state index contributed by atoms with van der Waals surface area (Å²) in [6.45, 7) is 5.02. The highest BCUT2D eigenvalue weighted by Gasteiger charge is 2.07. The van der Waals surface area contributed by atoms with Crippen LogP contribution in [0.15, 0.2) is 12.1 Å². The van der Waals surface area contributed by atoms with Crippen molar-refractivity contribution in [2.45, 2.75) is 6.92 Å². The number of nitrogens with zero attached hydrogens (tertiary/aromatic N) is 1. The molecule has 0 radical (unpaired) electrons. The number of benzene rings is 1.